The van der Waals surface area contributed by atoms with Crippen LogP contribution >= 0.6 is 11.6 Å². The lowest BCUT2D eigenvalue weighted by atomic mass is 10.0. The van der Waals surface area contributed by atoms with Crippen molar-refractivity contribution in [3.63, 3.8) is 0 Å². The van der Waals surface area contributed by atoms with Gasteiger partial charge in [-0.15, -0.1) is 0 Å². The van der Waals surface area contributed by atoms with Crippen LogP contribution in [0.25, 0.3) is 0 Å². The second-order valence-electron chi connectivity index (χ2n) is 7.05. The Kier molecular flexibility index (Phi) is 6.98. The number of anilines is 1. The highest BCUT2D eigenvalue weighted by molar-refractivity contribution is 6.35. The van der Waals surface area contributed by atoms with E-state index in [9.17, 15) is 0 Å². The van der Waals surface area contributed by atoms with Crippen LogP contribution in [0.15, 0.2) is 65.8 Å². The molecule has 0 bridgehead atoms. The van der Waals surface area contributed by atoms with Crippen LogP contribution in [0, 0.1) is 13.8 Å². The minimum Gasteiger partial charge on any atom is -0.489 e. The lowest BCUT2D eigenvalue weighted by molar-refractivity contribution is 0.214. The Morgan fingerprint density at radius 2 is 1.80 bits per heavy atom. The van der Waals surface area contributed by atoms with E-state index in [1.54, 1.807) is 5.01 Å². The summed E-state index contributed by atoms with van der Waals surface area (Å²) in [6.07, 6.45) is 0. The van der Waals surface area contributed by atoms with Crippen molar-refractivity contribution in [2.24, 2.45) is 11.0 Å². The molecule has 2 N–H and O–H groups in total. The first-order valence-corrected chi connectivity index (χ1v) is 9.97. The molecule has 0 aromatic heterocycles. The van der Waals surface area contributed by atoms with Gasteiger partial charge in [0, 0.05) is 23.7 Å². The number of hydrogen-bond donors (Lipinski definition) is 1. The average molecular weight is 424 g/mol. The van der Waals surface area contributed by atoms with Crippen molar-refractivity contribution < 1.29 is 9.57 Å². The molecule has 3 aromatic carbocycles. The van der Waals surface area contributed by atoms with E-state index in [2.05, 4.69) is 18.1 Å². The van der Waals surface area contributed by atoms with Crippen LogP contribution in [0.1, 0.15) is 27.8 Å². The fourth-order valence-corrected chi connectivity index (χ4v) is 3.54. The Balaban J connectivity index is 1.88. The van der Waals surface area contributed by atoms with Gasteiger partial charge in [-0.2, -0.15) is 0 Å². The average Bonchev–Trinajstić information content (AvgIpc) is 2.72. The maximum absolute atomic E-state index is 6.37. The lowest BCUT2D eigenvalue weighted by Gasteiger charge is -2.20. The molecule has 5 nitrogen and oxygen atoms in total. The van der Waals surface area contributed by atoms with Crippen LogP contribution in [0.3, 0.4) is 0 Å². The molecule has 3 aromatic rings. The summed E-state index contributed by atoms with van der Waals surface area (Å²) >= 11 is 6.37. The summed E-state index contributed by atoms with van der Waals surface area (Å²) in [5.41, 5.74) is 6.49. The normalized spacial score (nSPS) is 11.3. The van der Waals surface area contributed by atoms with E-state index in [0.29, 0.717) is 17.3 Å². The van der Waals surface area contributed by atoms with Crippen molar-refractivity contribution >= 4 is 23.0 Å². The summed E-state index contributed by atoms with van der Waals surface area (Å²) in [5.74, 6) is 6.77. The molecule has 156 valence electrons. The highest BCUT2D eigenvalue weighted by Crippen LogP contribution is 2.27. The topological polar surface area (TPSA) is 60.1 Å². The summed E-state index contributed by atoms with van der Waals surface area (Å²) < 4.78 is 6.14. The van der Waals surface area contributed by atoms with Gasteiger partial charge in [0.2, 0.25) is 0 Å². The third-order valence-electron chi connectivity index (χ3n) is 4.90. The third-order valence-corrected chi connectivity index (χ3v) is 5.23. The van der Waals surface area contributed by atoms with Crippen molar-refractivity contribution in [2.75, 3.05) is 19.2 Å². The minimum absolute atomic E-state index is 0.424. The lowest BCUT2D eigenvalue weighted by Crippen LogP contribution is -2.26. The summed E-state index contributed by atoms with van der Waals surface area (Å²) in [4.78, 5) is 5.07. The largest absolute Gasteiger partial charge is 0.489 e. The van der Waals surface area contributed by atoms with Gasteiger partial charge in [0.15, 0.2) is 0 Å². The molecule has 0 saturated heterocycles. The number of oxime groups is 1. The van der Waals surface area contributed by atoms with Crippen LogP contribution < -0.4 is 15.6 Å². The van der Waals surface area contributed by atoms with Crippen molar-refractivity contribution in [1.82, 2.24) is 0 Å². The van der Waals surface area contributed by atoms with Crippen molar-refractivity contribution in [3.05, 3.63) is 93.5 Å². The molecule has 0 saturated carbocycles. The molecule has 3 rings (SSSR count). The Morgan fingerprint density at radius 3 is 2.47 bits per heavy atom. The highest BCUT2D eigenvalue weighted by atomic mass is 35.5. The number of nitrogens with zero attached hydrogens (tertiary/aromatic N) is 2. The van der Waals surface area contributed by atoms with Gasteiger partial charge >= 0.3 is 0 Å². The van der Waals surface area contributed by atoms with Gasteiger partial charge in [-0.25, -0.2) is 5.84 Å². The van der Waals surface area contributed by atoms with E-state index >= 15 is 0 Å². The molecule has 0 amide bonds. The second kappa shape index (κ2) is 9.65. The molecule has 0 aliphatic rings. The van der Waals surface area contributed by atoms with Gasteiger partial charge in [0.25, 0.3) is 0 Å². The smallest absolute Gasteiger partial charge is 0.122 e. The quantitative estimate of drug-likeness (QED) is 0.320. The Labute approximate surface area is 182 Å². The van der Waals surface area contributed by atoms with E-state index in [4.69, 9.17) is 27.0 Å². The van der Waals surface area contributed by atoms with Gasteiger partial charge in [0.05, 0.1) is 10.7 Å². The number of rotatable bonds is 7. The van der Waals surface area contributed by atoms with Crippen LogP contribution in [0.4, 0.5) is 5.69 Å². The highest BCUT2D eigenvalue weighted by Gasteiger charge is 2.14. The van der Waals surface area contributed by atoms with Crippen molar-refractivity contribution in [3.8, 4) is 5.75 Å². The van der Waals surface area contributed by atoms with E-state index in [-0.39, 0.29) is 0 Å². The van der Waals surface area contributed by atoms with Gasteiger partial charge in [-0.05, 0) is 55.3 Å². The molecule has 0 unspecified atom stereocenters. The number of hydrazine groups is 1. The van der Waals surface area contributed by atoms with E-state index in [1.165, 1.54) is 7.11 Å². The van der Waals surface area contributed by atoms with Gasteiger partial charge in [0.1, 0.15) is 25.2 Å². The number of aryl methyl sites for hydroxylation is 2. The van der Waals surface area contributed by atoms with Crippen LogP contribution in [0.5, 0.6) is 5.75 Å². The molecular weight excluding hydrogens is 398 g/mol. The number of benzene rings is 3. The molecule has 30 heavy (non-hydrogen) atoms. The first-order chi connectivity index (χ1) is 14.4. The SMILES string of the molecule is CON=C(c1ccc(OCc2c(C)cccc2N(C)N)c(C)c1)c1ccccc1Cl. The van der Waals surface area contributed by atoms with Crippen molar-refractivity contribution in [2.45, 2.75) is 20.5 Å². The number of ether oxygens (including phenoxy) is 1. The Bertz CT molecular complexity index is 1060. The molecule has 6 heteroatoms. The molecule has 0 radical (unpaired) electrons. The Morgan fingerprint density at radius 1 is 1.03 bits per heavy atom. The fourth-order valence-electron chi connectivity index (χ4n) is 3.32. The minimum atomic E-state index is 0.424. The second-order valence-corrected chi connectivity index (χ2v) is 7.46. The predicted octanol–water partition coefficient (Wildman–Crippen LogP) is 5.24. The van der Waals surface area contributed by atoms with Crippen LogP contribution in [-0.4, -0.2) is 19.9 Å². The first-order valence-electron chi connectivity index (χ1n) is 9.59. The van der Waals surface area contributed by atoms with Gasteiger partial charge < -0.3 is 14.6 Å². The number of nitrogens with two attached hydrogens (primary N) is 1. The molecular formula is C24H26ClN3O2. The van der Waals surface area contributed by atoms with Gasteiger partial charge in [-0.3, -0.25) is 0 Å². The predicted molar refractivity (Wildman–Crippen MR) is 123 cm³/mol. The van der Waals surface area contributed by atoms with E-state index < -0.39 is 0 Å². The summed E-state index contributed by atoms with van der Waals surface area (Å²) in [7, 11) is 3.35. The van der Waals surface area contributed by atoms with Crippen LogP contribution in [0.2, 0.25) is 5.02 Å². The summed E-state index contributed by atoms with van der Waals surface area (Å²) in [6.45, 7) is 4.48. The zero-order chi connectivity index (χ0) is 21.7. The molecule has 0 atom stereocenters. The monoisotopic (exact) mass is 423 g/mol. The maximum Gasteiger partial charge on any atom is 0.122 e. The number of hydrogen-bond acceptors (Lipinski definition) is 5. The van der Waals surface area contributed by atoms with Gasteiger partial charge in [-0.1, -0.05) is 47.1 Å². The fraction of sp³-hybridized carbons (Fsp3) is 0.208. The third kappa shape index (κ3) is 4.75. The first kappa shape index (κ1) is 21.7. The molecule has 0 heterocycles. The maximum atomic E-state index is 6.37. The summed E-state index contributed by atoms with van der Waals surface area (Å²) in [6, 6.07) is 19.5. The zero-order valence-electron chi connectivity index (χ0n) is 17.6. The Hall–Kier alpha value is -3.02. The standard InChI is InChI=1S/C24H26ClN3O2/c1-16-8-7-11-22(28(3)26)20(16)15-30-23-13-12-18(14-17(23)2)24(27-29-4)19-9-5-6-10-21(19)25/h5-14H,15,26H2,1-4H3. The molecule has 0 fully saturated rings. The number of halogens is 1. The zero-order valence-corrected chi connectivity index (χ0v) is 18.4. The summed E-state index contributed by atoms with van der Waals surface area (Å²) in [5, 5.41) is 6.43. The van der Waals surface area contributed by atoms with E-state index in [1.807, 2.05) is 68.6 Å². The van der Waals surface area contributed by atoms with E-state index in [0.717, 1.165) is 39.3 Å². The molecule has 0 spiro atoms. The molecule has 0 aliphatic carbocycles. The molecule has 0 aliphatic heterocycles. The van der Waals surface area contributed by atoms with Crippen molar-refractivity contribution in [1.29, 1.82) is 0 Å². The van der Waals surface area contributed by atoms with Crippen LogP contribution in [-0.2, 0) is 11.4 Å².